The van der Waals surface area contributed by atoms with E-state index in [0.29, 0.717) is 27.9 Å². The van der Waals surface area contributed by atoms with Crippen molar-refractivity contribution in [3.05, 3.63) is 82.7 Å². The van der Waals surface area contributed by atoms with E-state index in [0.717, 1.165) is 12.8 Å². The predicted molar refractivity (Wildman–Crippen MR) is 134 cm³/mol. The maximum Gasteiger partial charge on any atom is 0.251 e. The number of benzene rings is 2. The van der Waals surface area contributed by atoms with Crippen LogP contribution in [0.25, 0.3) is 22.2 Å². The minimum absolute atomic E-state index is 0.0457. The molecule has 0 radical (unpaired) electrons. The molecule has 1 amide bonds. The zero-order valence-corrected chi connectivity index (χ0v) is 20.7. The molecule has 1 fully saturated rings. The number of hydrogen-bond acceptors (Lipinski definition) is 6. The van der Waals surface area contributed by atoms with Crippen LogP contribution in [-0.4, -0.2) is 39.8 Å². The van der Waals surface area contributed by atoms with Gasteiger partial charge in [0.15, 0.2) is 5.82 Å². The van der Waals surface area contributed by atoms with Crippen molar-refractivity contribution in [3.8, 4) is 17.0 Å². The molecule has 1 saturated carbocycles. The number of methoxy groups -OCH3 is 1. The maximum absolute atomic E-state index is 15.0. The number of aromatic nitrogens is 3. The molecule has 2 aromatic heterocycles. The lowest BCUT2D eigenvalue weighted by Crippen LogP contribution is -2.43. The molecular weight excluding hydrogens is 478 g/mol. The summed E-state index contributed by atoms with van der Waals surface area (Å²) in [6.07, 6.45) is 1.48. The van der Waals surface area contributed by atoms with Crippen molar-refractivity contribution in [1.82, 2.24) is 20.5 Å². The Kier molecular flexibility index (Phi) is 6.33. The van der Waals surface area contributed by atoms with Gasteiger partial charge in [-0.3, -0.25) is 4.79 Å². The van der Waals surface area contributed by atoms with E-state index in [1.165, 1.54) is 31.4 Å². The third-order valence-electron chi connectivity index (χ3n) is 6.71. The van der Waals surface area contributed by atoms with Crippen LogP contribution in [0.15, 0.2) is 48.5 Å². The number of rotatable bonds is 7. The van der Waals surface area contributed by atoms with Crippen molar-refractivity contribution < 1.29 is 23.4 Å². The molecule has 190 valence electrons. The number of carbonyl (C=O) groups is 1. The summed E-state index contributed by atoms with van der Waals surface area (Å²) in [7, 11) is 1.49. The molecule has 9 heteroatoms. The largest absolute Gasteiger partial charge is 0.494 e. The minimum atomic E-state index is -1.53. The van der Waals surface area contributed by atoms with Gasteiger partial charge in [-0.15, -0.1) is 5.10 Å². The van der Waals surface area contributed by atoms with E-state index in [1.54, 1.807) is 38.1 Å². The summed E-state index contributed by atoms with van der Waals surface area (Å²) >= 11 is 0. The Morgan fingerprint density at radius 2 is 1.92 bits per heavy atom. The number of amides is 1. The minimum Gasteiger partial charge on any atom is -0.494 e. The highest BCUT2D eigenvalue weighted by Gasteiger charge is 2.47. The van der Waals surface area contributed by atoms with Crippen molar-refractivity contribution in [1.29, 1.82) is 0 Å². The first kappa shape index (κ1) is 24.7. The van der Waals surface area contributed by atoms with Crippen LogP contribution < -0.4 is 10.1 Å². The van der Waals surface area contributed by atoms with Gasteiger partial charge in [0.25, 0.3) is 5.91 Å². The summed E-state index contributed by atoms with van der Waals surface area (Å²) in [4.78, 5) is 17.6. The summed E-state index contributed by atoms with van der Waals surface area (Å²) in [6, 6.07) is 12.1. The highest BCUT2D eigenvalue weighted by Crippen LogP contribution is 2.45. The number of nitrogens with zero attached hydrogens (tertiary/aromatic N) is 3. The standard InChI is InChI=1S/C28H26F2N4O3/c1-15-9-23(32-26(24(15)30)17-5-4-6-21(29)12-17)28(36,20-7-8-20)14-31-27(35)19-11-18-10-16(2)33-34-25(18)22(13-19)37-3/h4-6,9-13,20,36H,7-8,14H2,1-3H3,(H,31,35). The van der Waals surface area contributed by atoms with Crippen LogP contribution in [-0.2, 0) is 5.60 Å². The molecule has 0 bridgehead atoms. The molecule has 2 heterocycles. The Hall–Kier alpha value is -3.98. The number of pyridine rings is 1. The fourth-order valence-electron chi connectivity index (χ4n) is 4.54. The van der Waals surface area contributed by atoms with Crippen LogP contribution in [0.5, 0.6) is 5.75 Å². The molecule has 1 aliphatic carbocycles. The SMILES string of the molecule is COc1cc(C(=O)NCC(O)(c2cc(C)c(F)c(-c3cccc(F)c3)n2)C2CC2)cc2cc(C)nnc12. The van der Waals surface area contributed by atoms with E-state index in [2.05, 4.69) is 20.5 Å². The third kappa shape index (κ3) is 4.74. The zero-order valence-electron chi connectivity index (χ0n) is 20.7. The molecular formula is C28H26F2N4O3. The number of nitrogens with one attached hydrogen (secondary N) is 1. The van der Waals surface area contributed by atoms with Gasteiger partial charge in [-0.25, -0.2) is 13.8 Å². The van der Waals surface area contributed by atoms with Gasteiger partial charge < -0.3 is 15.2 Å². The lowest BCUT2D eigenvalue weighted by Gasteiger charge is -2.29. The van der Waals surface area contributed by atoms with Gasteiger partial charge >= 0.3 is 0 Å². The molecule has 1 atom stereocenters. The Balaban J connectivity index is 1.47. The normalized spacial score (nSPS) is 14.9. The molecule has 1 unspecified atom stereocenters. The van der Waals surface area contributed by atoms with E-state index in [9.17, 15) is 14.3 Å². The summed E-state index contributed by atoms with van der Waals surface area (Å²) in [5, 5.41) is 23.5. The van der Waals surface area contributed by atoms with Gasteiger partial charge in [0.2, 0.25) is 0 Å². The topological polar surface area (TPSA) is 97.2 Å². The Morgan fingerprint density at radius 1 is 1.14 bits per heavy atom. The van der Waals surface area contributed by atoms with Crippen molar-refractivity contribution in [2.45, 2.75) is 32.3 Å². The van der Waals surface area contributed by atoms with Crippen molar-refractivity contribution >= 4 is 16.8 Å². The van der Waals surface area contributed by atoms with Crippen molar-refractivity contribution in [3.63, 3.8) is 0 Å². The number of carbonyl (C=O) groups excluding carboxylic acids is 1. The quantitative estimate of drug-likeness (QED) is 0.381. The van der Waals surface area contributed by atoms with Crippen LogP contribution in [0.1, 0.15) is 40.2 Å². The summed E-state index contributed by atoms with van der Waals surface area (Å²) in [5.41, 5.74) is 0.762. The van der Waals surface area contributed by atoms with Crippen molar-refractivity contribution in [2.24, 2.45) is 5.92 Å². The average molecular weight is 505 g/mol. The van der Waals surface area contributed by atoms with Crippen LogP contribution in [0, 0.1) is 31.4 Å². The smallest absolute Gasteiger partial charge is 0.251 e. The van der Waals surface area contributed by atoms with Gasteiger partial charge in [0.1, 0.15) is 28.4 Å². The zero-order chi connectivity index (χ0) is 26.3. The van der Waals surface area contributed by atoms with Crippen LogP contribution >= 0.6 is 0 Å². The lowest BCUT2D eigenvalue weighted by molar-refractivity contribution is 0.00943. The van der Waals surface area contributed by atoms with E-state index in [1.807, 2.05) is 0 Å². The second-order valence-electron chi connectivity index (χ2n) is 9.48. The number of halogens is 2. The van der Waals surface area contributed by atoms with Gasteiger partial charge in [-0.1, -0.05) is 12.1 Å². The first-order valence-corrected chi connectivity index (χ1v) is 12.0. The van der Waals surface area contributed by atoms with Gasteiger partial charge in [0.05, 0.1) is 25.0 Å². The van der Waals surface area contributed by atoms with Gasteiger partial charge in [-0.2, -0.15) is 5.10 Å². The second kappa shape index (κ2) is 9.48. The van der Waals surface area contributed by atoms with E-state index < -0.39 is 23.1 Å². The number of aliphatic hydroxyl groups is 1. The van der Waals surface area contributed by atoms with Crippen molar-refractivity contribution in [2.75, 3.05) is 13.7 Å². The number of ether oxygens (including phenoxy) is 1. The first-order chi connectivity index (χ1) is 17.7. The molecule has 37 heavy (non-hydrogen) atoms. The fraction of sp³-hybridized carbons (Fsp3) is 0.286. The lowest BCUT2D eigenvalue weighted by atomic mass is 9.91. The highest BCUT2D eigenvalue weighted by atomic mass is 19.1. The fourth-order valence-corrected chi connectivity index (χ4v) is 4.54. The number of aryl methyl sites for hydroxylation is 2. The van der Waals surface area contributed by atoms with Crippen LogP contribution in [0.2, 0.25) is 0 Å². The molecule has 4 aromatic rings. The van der Waals surface area contributed by atoms with Crippen LogP contribution in [0.4, 0.5) is 8.78 Å². The second-order valence-corrected chi connectivity index (χ2v) is 9.48. The third-order valence-corrected chi connectivity index (χ3v) is 6.71. The molecule has 0 saturated heterocycles. The highest BCUT2D eigenvalue weighted by molar-refractivity contribution is 5.99. The Bertz CT molecular complexity index is 1520. The van der Waals surface area contributed by atoms with Gasteiger partial charge in [-0.05, 0) is 74.6 Å². The van der Waals surface area contributed by atoms with E-state index in [-0.39, 0.29) is 35.0 Å². The molecule has 1 aliphatic rings. The van der Waals surface area contributed by atoms with E-state index >= 15 is 4.39 Å². The Labute approximate surface area is 212 Å². The maximum atomic E-state index is 15.0. The van der Waals surface area contributed by atoms with Crippen LogP contribution in [0.3, 0.4) is 0 Å². The summed E-state index contributed by atoms with van der Waals surface area (Å²) in [6.45, 7) is 3.24. The predicted octanol–water partition coefficient (Wildman–Crippen LogP) is 4.62. The molecule has 2 aromatic carbocycles. The molecule has 5 rings (SSSR count). The molecule has 7 nitrogen and oxygen atoms in total. The number of fused-ring (bicyclic) bond motifs is 1. The summed E-state index contributed by atoms with van der Waals surface area (Å²) in [5.74, 6) is -1.27. The Morgan fingerprint density at radius 3 is 2.62 bits per heavy atom. The monoisotopic (exact) mass is 504 g/mol. The number of hydrogen-bond donors (Lipinski definition) is 2. The molecule has 0 aliphatic heterocycles. The molecule has 0 spiro atoms. The summed E-state index contributed by atoms with van der Waals surface area (Å²) < 4.78 is 34.3. The molecule has 2 N–H and O–H groups in total. The first-order valence-electron chi connectivity index (χ1n) is 12.0. The average Bonchev–Trinajstić information content (AvgIpc) is 3.74. The van der Waals surface area contributed by atoms with Gasteiger partial charge in [0, 0.05) is 16.5 Å². The van der Waals surface area contributed by atoms with E-state index in [4.69, 9.17) is 4.74 Å².